The third-order valence-corrected chi connectivity index (χ3v) is 6.84. The minimum absolute atomic E-state index is 0.140. The van der Waals surface area contributed by atoms with Crippen LogP contribution in [0.5, 0.6) is 0 Å². The zero-order chi connectivity index (χ0) is 24.3. The van der Waals surface area contributed by atoms with E-state index in [2.05, 4.69) is 36.0 Å². The highest BCUT2D eigenvalue weighted by molar-refractivity contribution is 7.89. The Morgan fingerprint density at radius 1 is 1.03 bits per heavy atom. The van der Waals surface area contributed by atoms with Gasteiger partial charge in [0.05, 0.1) is 5.69 Å². The number of hydrogen-bond acceptors (Lipinski definition) is 8. The molecule has 4 rings (SSSR count). The molecule has 2 aromatic carbocycles. The first-order chi connectivity index (χ1) is 16.3. The molecule has 1 aliphatic heterocycles. The molecule has 1 aliphatic rings. The van der Waals surface area contributed by atoms with Gasteiger partial charge in [-0.1, -0.05) is 12.1 Å². The lowest BCUT2D eigenvalue weighted by Gasteiger charge is -2.16. The fraction of sp³-hybridized carbons (Fsp3) is 0.261. The van der Waals surface area contributed by atoms with Crippen molar-refractivity contribution in [2.75, 3.05) is 29.5 Å². The van der Waals surface area contributed by atoms with Crippen molar-refractivity contribution in [1.29, 1.82) is 0 Å². The van der Waals surface area contributed by atoms with Crippen LogP contribution in [0.25, 0.3) is 0 Å². The Kier molecular flexibility index (Phi) is 6.66. The Labute approximate surface area is 198 Å². The van der Waals surface area contributed by atoms with Crippen LogP contribution in [0.4, 0.5) is 29.0 Å². The van der Waals surface area contributed by atoms with E-state index in [1.807, 2.05) is 0 Å². The van der Waals surface area contributed by atoms with E-state index in [1.165, 1.54) is 0 Å². The van der Waals surface area contributed by atoms with Crippen LogP contribution in [0, 0.1) is 0 Å². The number of para-hydroxylation sites is 1. The van der Waals surface area contributed by atoms with Gasteiger partial charge in [-0.25, -0.2) is 13.1 Å². The molecule has 0 fully saturated rings. The standard InChI is InChI=1S/C23H27N7O3S/c1-14(2)30-34(32,33)19-7-5-4-6-18(19)27-21-17-12-13-25-20(17)28-23(29-21)26-16-10-8-15(9-11-16)22(31)24-3/h4-11,14,30H,12-13H2,1-3H3,(H,24,31)(H3,25,26,27,28,29). The van der Waals surface area contributed by atoms with Gasteiger partial charge in [-0.3, -0.25) is 4.79 Å². The second-order valence-electron chi connectivity index (χ2n) is 8.08. The number of carbonyl (C=O) groups is 1. The highest BCUT2D eigenvalue weighted by Crippen LogP contribution is 2.32. The van der Waals surface area contributed by atoms with Gasteiger partial charge < -0.3 is 21.3 Å². The Hall–Kier alpha value is -3.70. The number of nitrogens with one attached hydrogen (secondary N) is 5. The van der Waals surface area contributed by atoms with Gasteiger partial charge in [0.25, 0.3) is 5.91 Å². The largest absolute Gasteiger partial charge is 0.369 e. The number of rotatable bonds is 8. The van der Waals surface area contributed by atoms with E-state index in [-0.39, 0.29) is 16.8 Å². The Morgan fingerprint density at radius 2 is 1.76 bits per heavy atom. The van der Waals surface area contributed by atoms with Crippen LogP contribution in [-0.4, -0.2) is 43.9 Å². The summed E-state index contributed by atoms with van der Waals surface area (Å²) in [6.45, 7) is 4.25. The van der Waals surface area contributed by atoms with Gasteiger partial charge in [0.1, 0.15) is 16.5 Å². The molecular weight excluding hydrogens is 454 g/mol. The Morgan fingerprint density at radius 3 is 2.47 bits per heavy atom. The molecule has 0 atom stereocenters. The number of anilines is 5. The van der Waals surface area contributed by atoms with E-state index in [1.54, 1.807) is 69.4 Å². The Balaban J connectivity index is 1.65. The van der Waals surface area contributed by atoms with Crippen molar-refractivity contribution in [3.8, 4) is 0 Å². The first-order valence-corrected chi connectivity index (χ1v) is 12.4. The smallest absolute Gasteiger partial charge is 0.251 e. The zero-order valence-electron chi connectivity index (χ0n) is 19.1. The molecule has 1 aromatic heterocycles. The van der Waals surface area contributed by atoms with E-state index >= 15 is 0 Å². The highest BCUT2D eigenvalue weighted by atomic mass is 32.2. The topological polar surface area (TPSA) is 137 Å². The summed E-state index contributed by atoms with van der Waals surface area (Å²) in [6, 6.07) is 13.4. The minimum Gasteiger partial charge on any atom is -0.369 e. The molecule has 0 radical (unpaired) electrons. The molecule has 0 unspecified atom stereocenters. The van der Waals surface area contributed by atoms with Crippen LogP contribution in [0.15, 0.2) is 53.4 Å². The number of hydrogen-bond donors (Lipinski definition) is 5. The number of benzene rings is 2. The van der Waals surface area contributed by atoms with Crippen LogP contribution < -0.4 is 26.0 Å². The van der Waals surface area contributed by atoms with Crippen LogP contribution in [-0.2, 0) is 16.4 Å². The van der Waals surface area contributed by atoms with E-state index < -0.39 is 10.0 Å². The van der Waals surface area contributed by atoms with Crippen LogP contribution >= 0.6 is 0 Å². The lowest BCUT2D eigenvalue weighted by Crippen LogP contribution is -2.30. The normalized spacial score (nSPS) is 12.7. The number of nitrogens with zero attached hydrogens (tertiary/aromatic N) is 2. The first-order valence-electron chi connectivity index (χ1n) is 10.9. The molecule has 11 heteroatoms. The van der Waals surface area contributed by atoms with Gasteiger partial charge in [0.15, 0.2) is 0 Å². The molecule has 0 saturated carbocycles. The van der Waals surface area contributed by atoms with Crippen molar-refractivity contribution in [1.82, 2.24) is 20.0 Å². The van der Waals surface area contributed by atoms with Crippen LogP contribution in [0.2, 0.25) is 0 Å². The van der Waals surface area contributed by atoms with Crippen molar-refractivity contribution in [2.24, 2.45) is 0 Å². The number of sulfonamides is 1. The maximum atomic E-state index is 12.9. The summed E-state index contributed by atoms with van der Waals surface area (Å²) in [5, 5.41) is 12.2. The summed E-state index contributed by atoms with van der Waals surface area (Å²) in [4.78, 5) is 21.1. The van der Waals surface area contributed by atoms with Crippen LogP contribution in [0.3, 0.4) is 0 Å². The molecule has 0 spiro atoms. The summed E-state index contributed by atoms with van der Waals surface area (Å²) in [5.41, 5.74) is 2.55. The quantitative estimate of drug-likeness (QED) is 0.331. The first kappa shape index (κ1) is 23.5. The van der Waals surface area contributed by atoms with Crippen molar-refractivity contribution >= 4 is 44.9 Å². The number of carbonyl (C=O) groups excluding carboxylic acids is 1. The molecule has 5 N–H and O–H groups in total. The lowest BCUT2D eigenvalue weighted by molar-refractivity contribution is 0.0963. The number of aromatic nitrogens is 2. The van der Waals surface area contributed by atoms with Gasteiger partial charge >= 0.3 is 0 Å². The number of fused-ring (bicyclic) bond motifs is 1. The molecule has 0 aliphatic carbocycles. The van der Waals surface area contributed by atoms with E-state index in [4.69, 9.17) is 0 Å². The van der Waals surface area contributed by atoms with Crippen molar-refractivity contribution in [3.05, 3.63) is 59.7 Å². The summed E-state index contributed by atoms with van der Waals surface area (Å²) in [6.07, 6.45) is 0.706. The molecule has 10 nitrogen and oxygen atoms in total. The molecular formula is C23H27N7O3S. The average Bonchev–Trinajstić information content (AvgIpc) is 3.27. The van der Waals surface area contributed by atoms with Crippen molar-refractivity contribution < 1.29 is 13.2 Å². The van der Waals surface area contributed by atoms with Gasteiger partial charge in [-0.2, -0.15) is 9.97 Å². The van der Waals surface area contributed by atoms with Crippen molar-refractivity contribution in [2.45, 2.75) is 31.2 Å². The van der Waals surface area contributed by atoms with Gasteiger partial charge in [0.2, 0.25) is 16.0 Å². The molecule has 3 aromatic rings. The molecule has 2 heterocycles. The highest BCUT2D eigenvalue weighted by Gasteiger charge is 2.23. The van der Waals surface area contributed by atoms with E-state index in [0.29, 0.717) is 47.5 Å². The molecule has 1 amide bonds. The number of amides is 1. The maximum absolute atomic E-state index is 12.9. The summed E-state index contributed by atoms with van der Waals surface area (Å²) >= 11 is 0. The second-order valence-corrected chi connectivity index (χ2v) is 9.76. The fourth-order valence-electron chi connectivity index (χ4n) is 3.62. The van der Waals surface area contributed by atoms with Crippen molar-refractivity contribution in [3.63, 3.8) is 0 Å². The predicted molar refractivity (Wildman–Crippen MR) is 133 cm³/mol. The third kappa shape index (κ3) is 5.10. The summed E-state index contributed by atoms with van der Waals surface area (Å²) in [7, 11) is -2.14. The monoisotopic (exact) mass is 481 g/mol. The molecule has 178 valence electrons. The third-order valence-electron chi connectivity index (χ3n) is 5.13. The average molecular weight is 482 g/mol. The molecule has 34 heavy (non-hydrogen) atoms. The molecule has 0 bridgehead atoms. The predicted octanol–water partition coefficient (Wildman–Crippen LogP) is 2.98. The van der Waals surface area contributed by atoms with E-state index in [9.17, 15) is 13.2 Å². The second kappa shape index (κ2) is 9.65. The minimum atomic E-state index is -3.72. The maximum Gasteiger partial charge on any atom is 0.251 e. The van der Waals surface area contributed by atoms with Gasteiger partial charge in [-0.15, -0.1) is 0 Å². The summed E-state index contributed by atoms with van der Waals surface area (Å²) in [5.74, 6) is 1.37. The fourth-order valence-corrected chi connectivity index (χ4v) is 5.03. The summed E-state index contributed by atoms with van der Waals surface area (Å²) < 4.78 is 28.3. The Bertz CT molecular complexity index is 1310. The van der Waals surface area contributed by atoms with Crippen LogP contribution in [0.1, 0.15) is 29.8 Å². The lowest BCUT2D eigenvalue weighted by atomic mass is 10.2. The van der Waals surface area contributed by atoms with Gasteiger partial charge in [-0.05, 0) is 56.7 Å². The van der Waals surface area contributed by atoms with E-state index in [0.717, 1.165) is 5.56 Å². The zero-order valence-corrected chi connectivity index (χ0v) is 20.0. The molecule has 0 saturated heterocycles. The SMILES string of the molecule is CNC(=O)c1ccc(Nc2nc3c(c(Nc4ccccc4S(=O)(=O)NC(C)C)n2)CCN3)cc1. The van der Waals surface area contributed by atoms with Gasteiger partial charge in [0, 0.05) is 36.4 Å².